The van der Waals surface area contributed by atoms with Gasteiger partial charge in [0.15, 0.2) is 23.2 Å². The Morgan fingerprint density at radius 3 is 1.82 bits per heavy atom. The van der Waals surface area contributed by atoms with Crippen molar-refractivity contribution in [2.45, 2.75) is 97.3 Å². The number of halogens is 4. The van der Waals surface area contributed by atoms with Crippen molar-refractivity contribution in [1.82, 2.24) is 0 Å². The summed E-state index contributed by atoms with van der Waals surface area (Å²) in [5.41, 5.74) is 2.39. The monoisotopic (exact) mass is 606 g/mol. The highest BCUT2D eigenvalue weighted by atomic mass is 19.2. The largest absolute Gasteiger partial charge is 0.490 e. The number of hydrogen-bond acceptors (Lipinski definition) is 1. The van der Waals surface area contributed by atoms with Crippen LogP contribution in [0.3, 0.4) is 0 Å². The molecule has 0 bridgehead atoms. The molecule has 1 saturated carbocycles. The Bertz CT molecular complexity index is 1420. The molecular weight excluding hydrogens is 560 g/mol. The van der Waals surface area contributed by atoms with Crippen LogP contribution in [0, 0.1) is 41.0 Å². The highest BCUT2D eigenvalue weighted by molar-refractivity contribution is 5.74. The molecule has 44 heavy (non-hydrogen) atoms. The lowest BCUT2D eigenvalue weighted by atomic mass is 9.70. The topological polar surface area (TPSA) is 9.23 Å². The van der Waals surface area contributed by atoms with Crippen molar-refractivity contribution < 1.29 is 22.3 Å². The van der Waals surface area contributed by atoms with Gasteiger partial charge in [-0.15, -0.1) is 0 Å². The fourth-order valence-electron chi connectivity index (χ4n) is 7.20. The molecule has 1 atom stereocenters. The SMILES string of the molecule is CCCCCC1CCC(C2CC=C(c3ccc(-c4ccc(-c5ccc(OCCCC)c(F)c5F)cc4)c(F)c3F)CC2)CC1. The molecule has 0 spiro atoms. The lowest BCUT2D eigenvalue weighted by Crippen LogP contribution is -2.23. The minimum Gasteiger partial charge on any atom is -0.490 e. The van der Waals surface area contributed by atoms with Gasteiger partial charge in [-0.25, -0.2) is 13.2 Å². The van der Waals surface area contributed by atoms with Gasteiger partial charge < -0.3 is 4.74 Å². The van der Waals surface area contributed by atoms with Crippen molar-refractivity contribution >= 4 is 5.57 Å². The van der Waals surface area contributed by atoms with Gasteiger partial charge >= 0.3 is 0 Å². The molecule has 1 nitrogen and oxygen atoms in total. The number of ether oxygens (including phenoxy) is 1. The predicted molar refractivity (Wildman–Crippen MR) is 172 cm³/mol. The third kappa shape index (κ3) is 7.41. The highest BCUT2D eigenvalue weighted by Crippen LogP contribution is 2.43. The Labute approximate surface area is 260 Å². The number of allylic oxidation sites excluding steroid dienone is 2. The quantitative estimate of drug-likeness (QED) is 0.147. The summed E-state index contributed by atoms with van der Waals surface area (Å²) in [6.07, 6.45) is 17.2. The van der Waals surface area contributed by atoms with Crippen molar-refractivity contribution in [3.8, 4) is 28.0 Å². The van der Waals surface area contributed by atoms with E-state index in [-0.39, 0.29) is 16.9 Å². The molecule has 1 unspecified atom stereocenters. The summed E-state index contributed by atoms with van der Waals surface area (Å²) >= 11 is 0. The maximum Gasteiger partial charge on any atom is 0.201 e. The van der Waals surface area contributed by atoms with E-state index in [0.717, 1.165) is 49.5 Å². The molecule has 2 aliphatic rings. The number of rotatable bonds is 12. The Morgan fingerprint density at radius 2 is 1.20 bits per heavy atom. The summed E-state index contributed by atoms with van der Waals surface area (Å²) in [5, 5.41) is 0. The standard InChI is InChI=1S/C39H46F4O/c1-3-5-7-8-26-9-11-27(12-10-26)28-13-15-29(16-14-28)32-21-22-33(37(41)36(32)40)30-17-19-31(20-18-30)34-23-24-35(39(43)38(34)42)44-25-6-4-2/h15,17-24,26-28H,3-14,16,25H2,1-2H3. The summed E-state index contributed by atoms with van der Waals surface area (Å²) < 4.78 is 65.6. The number of benzene rings is 3. The van der Waals surface area contributed by atoms with E-state index in [2.05, 4.69) is 13.0 Å². The second kappa shape index (κ2) is 15.3. The van der Waals surface area contributed by atoms with Gasteiger partial charge in [-0.2, -0.15) is 4.39 Å². The van der Waals surface area contributed by atoms with Crippen LogP contribution in [0.1, 0.15) is 103 Å². The number of unbranched alkanes of at least 4 members (excludes halogenated alkanes) is 3. The first-order valence-corrected chi connectivity index (χ1v) is 16.8. The third-order valence-corrected chi connectivity index (χ3v) is 9.96. The Balaban J connectivity index is 1.23. The van der Waals surface area contributed by atoms with Crippen LogP contribution in [0.4, 0.5) is 17.6 Å². The van der Waals surface area contributed by atoms with Crippen LogP contribution in [0.25, 0.3) is 27.8 Å². The fraction of sp³-hybridized carbons (Fsp3) is 0.487. The van der Waals surface area contributed by atoms with E-state index in [4.69, 9.17) is 4.74 Å². The summed E-state index contributed by atoms with van der Waals surface area (Å²) in [4.78, 5) is 0. The van der Waals surface area contributed by atoms with E-state index in [0.29, 0.717) is 29.2 Å². The maximum atomic E-state index is 15.4. The summed E-state index contributed by atoms with van der Waals surface area (Å²) in [5.74, 6) is -1.55. The first-order chi connectivity index (χ1) is 21.4. The second-order valence-electron chi connectivity index (χ2n) is 12.8. The lowest BCUT2D eigenvalue weighted by Gasteiger charge is -2.35. The molecule has 3 aromatic carbocycles. The first kappa shape index (κ1) is 32.3. The molecule has 0 amide bonds. The molecule has 236 valence electrons. The van der Waals surface area contributed by atoms with Crippen LogP contribution in [0.5, 0.6) is 5.75 Å². The predicted octanol–water partition coefficient (Wildman–Crippen LogP) is 12.3. The minimum atomic E-state index is -1.03. The van der Waals surface area contributed by atoms with Crippen LogP contribution in [-0.4, -0.2) is 6.61 Å². The molecule has 0 N–H and O–H groups in total. The lowest BCUT2D eigenvalue weighted by molar-refractivity contribution is 0.187. The van der Waals surface area contributed by atoms with E-state index in [9.17, 15) is 8.78 Å². The van der Waals surface area contributed by atoms with Gasteiger partial charge in [0.05, 0.1) is 6.61 Å². The normalized spacial score (nSPS) is 20.4. The molecule has 1 fully saturated rings. The van der Waals surface area contributed by atoms with Gasteiger partial charge in [-0.3, -0.25) is 0 Å². The Morgan fingerprint density at radius 1 is 0.614 bits per heavy atom. The van der Waals surface area contributed by atoms with E-state index < -0.39 is 23.3 Å². The molecule has 2 aliphatic carbocycles. The average molecular weight is 607 g/mol. The zero-order chi connectivity index (χ0) is 31.1. The molecule has 0 radical (unpaired) electrons. The average Bonchev–Trinajstić information content (AvgIpc) is 3.05. The summed E-state index contributed by atoms with van der Waals surface area (Å²) in [6.45, 7) is 4.57. The van der Waals surface area contributed by atoms with Crippen LogP contribution >= 0.6 is 0 Å². The van der Waals surface area contributed by atoms with Crippen molar-refractivity contribution in [3.63, 3.8) is 0 Å². The molecule has 0 saturated heterocycles. The van der Waals surface area contributed by atoms with E-state index in [1.807, 2.05) is 6.92 Å². The van der Waals surface area contributed by atoms with E-state index in [1.54, 1.807) is 36.4 Å². The minimum absolute atomic E-state index is 0.0847. The van der Waals surface area contributed by atoms with Gasteiger partial charge in [0, 0.05) is 16.7 Å². The molecule has 5 heteroatoms. The maximum absolute atomic E-state index is 15.4. The molecular formula is C39H46F4O. The van der Waals surface area contributed by atoms with E-state index in [1.165, 1.54) is 63.5 Å². The third-order valence-electron chi connectivity index (χ3n) is 9.96. The van der Waals surface area contributed by atoms with Crippen LogP contribution < -0.4 is 4.74 Å². The first-order valence-electron chi connectivity index (χ1n) is 16.8. The molecule has 3 aromatic rings. The highest BCUT2D eigenvalue weighted by Gasteiger charge is 2.29. The van der Waals surface area contributed by atoms with Crippen molar-refractivity contribution in [1.29, 1.82) is 0 Å². The van der Waals surface area contributed by atoms with Gasteiger partial charge in [0.2, 0.25) is 5.82 Å². The van der Waals surface area contributed by atoms with Gasteiger partial charge in [-0.1, -0.05) is 101 Å². The van der Waals surface area contributed by atoms with Gasteiger partial charge in [0.1, 0.15) is 0 Å². The van der Waals surface area contributed by atoms with Crippen LogP contribution in [0.15, 0.2) is 54.6 Å². The molecule has 0 heterocycles. The van der Waals surface area contributed by atoms with Crippen LogP contribution in [0.2, 0.25) is 0 Å². The Hall–Kier alpha value is -3.08. The van der Waals surface area contributed by atoms with Crippen molar-refractivity contribution in [2.75, 3.05) is 6.61 Å². The smallest absolute Gasteiger partial charge is 0.201 e. The van der Waals surface area contributed by atoms with E-state index >= 15 is 8.78 Å². The van der Waals surface area contributed by atoms with Crippen LogP contribution in [-0.2, 0) is 0 Å². The zero-order valence-electron chi connectivity index (χ0n) is 26.2. The fourth-order valence-corrected chi connectivity index (χ4v) is 7.20. The molecule has 5 rings (SSSR count). The molecule has 0 aromatic heterocycles. The second-order valence-corrected chi connectivity index (χ2v) is 12.8. The van der Waals surface area contributed by atoms with Gasteiger partial charge in [0.25, 0.3) is 0 Å². The zero-order valence-corrected chi connectivity index (χ0v) is 26.2. The van der Waals surface area contributed by atoms with Crippen molar-refractivity contribution in [2.24, 2.45) is 17.8 Å². The molecule has 0 aliphatic heterocycles. The summed E-state index contributed by atoms with van der Waals surface area (Å²) in [7, 11) is 0. The summed E-state index contributed by atoms with van der Waals surface area (Å²) in [6, 6.07) is 12.6. The van der Waals surface area contributed by atoms with Gasteiger partial charge in [-0.05, 0) is 85.1 Å². The van der Waals surface area contributed by atoms with Crippen molar-refractivity contribution in [3.05, 3.63) is 83.4 Å². The Kier molecular flexibility index (Phi) is 11.2. The number of hydrogen-bond donors (Lipinski definition) is 0.